The fourth-order valence-electron chi connectivity index (χ4n) is 2.76. The monoisotopic (exact) mass is 259 g/mol. The molecule has 1 aliphatic rings. The molecule has 0 aliphatic heterocycles. The molecule has 1 fully saturated rings. The Bertz CT molecular complexity index is 562. The van der Waals surface area contributed by atoms with E-state index in [9.17, 15) is 4.39 Å². The first kappa shape index (κ1) is 12.3. The van der Waals surface area contributed by atoms with Gasteiger partial charge in [0, 0.05) is 11.4 Å². The lowest BCUT2D eigenvalue weighted by molar-refractivity contribution is 0.617. The minimum absolute atomic E-state index is 0.244. The minimum atomic E-state index is -0.244. The van der Waals surface area contributed by atoms with Gasteiger partial charge in [0.2, 0.25) is 0 Å². The lowest BCUT2D eigenvalue weighted by atomic mass is 10.1. The van der Waals surface area contributed by atoms with E-state index in [1.165, 1.54) is 50.7 Å². The highest BCUT2D eigenvalue weighted by molar-refractivity contribution is 5.88. The van der Waals surface area contributed by atoms with Crippen molar-refractivity contribution in [3.05, 3.63) is 30.3 Å². The van der Waals surface area contributed by atoms with Gasteiger partial charge in [0.15, 0.2) is 0 Å². The molecule has 1 heterocycles. The van der Waals surface area contributed by atoms with Crippen molar-refractivity contribution in [1.29, 1.82) is 0 Å². The smallest absolute Gasteiger partial charge is 0.137 e. The van der Waals surface area contributed by atoms with Crippen LogP contribution < -0.4 is 5.32 Å². The molecule has 1 aromatic heterocycles. The number of nitrogens with zero attached hydrogens (tertiary/aromatic N) is 2. The summed E-state index contributed by atoms with van der Waals surface area (Å²) in [6.07, 6.45) is 9.03. The summed E-state index contributed by atoms with van der Waals surface area (Å²) >= 11 is 0. The Morgan fingerprint density at radius 3 is 2.63 bits per heavy atom. The van der Waals surface area contributed by atoms with Gasteiger partial charge in [-0.25, -0.2) is 14.4 Å². The number of anilines is 1. The van der Waals surface area contributed by atoms with Gasteiger partial charge in [0.25, 0.3) is 0 Å². The topological polar surface area (TPSA) is 37.8 Å². The van der Waals surface area contributed by atoms with Crippen LogP contribution in [0.2, 0.25) is 0 Å². The van der Waals surface area contributed by atoms with E-state index in [4.69, 9.17) is 0 Å². The van der Waals surface area contributed by atoms with Crippen LogP contribution >= 0.6 is 0 Å². The van der Waals surface area contributed by atoms with Gasteiger partial charge in [-0.1, -0.05) is 25.7 Å². The molecule has 0 spiro atoms. The van der Waals surface area contributed by atoms with Crippen LogP contribution in [0.3, 0.4) is 0 Å². The second kappa shape index (κ2) is 5.51. The Morgan fingerprint density at radius 2 is 1.84 bits per heavy atom. The molecule has 19 heavy (non-hydrogen) atoms. The summed E-state index contributed by atoms with van der Waals surface area (Å²) in [5, 5.41) is 4.24. The van der Waals surface area contributed by atoms with Crippen molar-refractivity contribution >= 4 is 16.7 Å². The summed E-state index contributed by atoms with van der Waals surface area (Å²) in [6.45, 7) is 0. The predicted octanol–water partition coefficient (Wildman–Crippen LogP) is 3.90. The van der Waals surface area contributed by atoms with E-state index in [0.29, 0.717) is 6.04 Å². The third-order valence-corrected chi connectivity index (χ3v) is 3.79. The molecule has 0 bridgehead atoms. The summed E-state index contributed by atoms with van der Waals surface area (Å²) in [6, 6.07) is 5.09. The zero-order valence-corrected chi connectivity index (χ0v) is 10.9. The van der Waals surface area contributed by atoms with Crippen molar-refractivity contribution in [3.63, 3.8) is 0 Å². The molecule has 1 N–H and O–H groups in total. The third kappa shape index (κ3) is 2.83. The van der Waals surface area contributed by atoms with Gasteiger partial charge in [-0.2, -0.15) is 0 Å². The van der Waals surface area contributed by atoms with Crippen LogP contribution in [0.25, 0.3) is 10.9 Å². The van der Waals surface area contributed by atoms with Crippen LogP contribution in [-0.2, 0) is 0 Å². The number of halogens is 1. The molecule has 100 valence electrons. The van der Waals surface area contributed by atoms with Gasteiger partial charge in [-0.3, -0.25) is 0 Å². The van der Waals surface area contributed by atoms with Crippen LogP contribution in [0, 0.1) is 5.82 Å². The zero-order valence-electron chi connectivity index (χ0n) is 10.9. The Balaban J connectivity index is 1.89. The summed E-state index contributed by atoms with van der Waals surface area (Å²) in [7, 11) is 0. The quantitative estimate of drug-likeness (QED) is 0.831. The average molecular weight is 259 g/mol. The number of rotatable bonds is 2. The van der Waals surface area contributed by atoms with Crippen molar-refractivity contribution in [2.75, 3.05) is 5.32 Å². The summed E-state index contributed by atoms with van der Waals surface area (Å²) in [5.41, 5.74) is 0.785. The first-order chi connectivity index (χ1) is 9.33. The Kier molecular flexibility index (Phi) is 3.58. The molecule has 4 heteroatoms. The van der Waals surface area contributed by atoms with Gasteiger partial charge >= 0.3 is 0 Å². The van der Waals surface area contributed by atoms with Crippen LogP contribution in [0.15, 0.2) is 24.5 Å². The number of aromatic nitrogens is 2. The molecular weight excluding hydrogens is 241 g/mol. The van der Waals surface area contributed by atoms with Crippen LogP contribution in [0.1, 0.15) is 38.5 Å². The largest absolute Gasteiger partial charge is 0.367 e. The van der Waals surface area contributed by atoms with Gasteiger partial charge < -0.3 is 5.32 Å². The van der Waals surface area contributed by atoms with Crippen molar-refractivity contribution in [1.82, 2.24) is 9.97 Å². The molecule has 0 atom stereocenters. The van der Waals surface area contributed by atoms with E-state index >= 15 is 0 Å². The zero-order chi connectivity index (χ0) is 13.1. The third-order valence-electron chi connectivity index (χ3n) is 3.79. The minimum Gasteiger partial charge on any atom is -0.367 e. The highest BCUT2D eigenvalue weighted by Crippen LogP contribution is 2.24. The Hall–Kier alpha value is -1.71. The van der Waals surface area contributed by atoms with Crippen LogP contribution in [-0.4, -0.2) is 16.0 Å². The normalized spacial score (nSPS) is 17.3. The highest BCUT2D eigenvalue weighted by Gasteiger charge is 2.14. The lowest BCUT2D eigenvalue weighted by Crippen LogP contribution is -2.19. The first-order valence-electron chi connectivity index (χ1n) is 7.00. The molecule has 0 unspecified atom stereocenters. The van der Waals surface area contributed by atoms with E-state index in [2.05, 4.69) is 15.3 Å². The second-order valence-corrected chi connectivity index (χ2v) is 5.22. The highest BCUT2D eigenvalue weighted by atomic mass is 19.1. The maximum atomic E-state index is 13.4. The van der Waals surface area contributed by atoms with Gasteiger partial charge in [-0.15, -0.1) is 0 Å². The maximum Gasteiger partial charge on any atom is 0.137 e. The van der Waals surface area contributed by atoms with E-state index in [-0.39, 0.29) is 5.82 Å². The Labute approximate surface area is 112 Å². The van der Waals surface area contributed by atoms with E-state index in [0.717, 1.165) is 16.7 Å². The van der Waals surface area contributed by atoms with Crippen LogP contribution in [0.4, 0.5) is 10.2 Å². The van der Waals surface area contributed by atoms with E-state index in [1.54, 1.807) is 12.4 Å². The fraction of sp³-hybridized carbons (Fsp3) is 0.467. The number of benzene rings is 1. The average Bonchev–Trinajstić information content (AvgIpc) is 2.68. The number of nitrogens with one attached hydrogen (secondary N) is 1. The molecule has 2 aromatic rings. The lowest BCUT2D eigenvalue weighted by Gasteiger charge is -2.17. The van der Waals surface area contributed by atoms with Gasteiger partial charge in [-0.05, 0) is 31.0 Å². The summed E-state index contributed by atoms with van der Waals surface area (Å²) in [5.74, 6) is 0.516. The van der Waals surface area contributed by atoms with Crippen molar-refractivity contribution < 1.29 is 4.39 Å². The molecule has 3 rings (SSSR count). The number of hydrogen-bond acceptors (Lipinski definition) is 3. The maximum absolute atomic E-state index is 13.4. The van der Waals surface area contributed by atoms with Crippen molar-refractivity contribution in [2.24, 2.45) is 0 Å². The molecular formula is C15H18FN3. The second-order valence-electron chi connectivity index (χ2n) is 5.22. The molecule has 0 saturated heterocycles. The predicted molar refractivity (Wildman–Crippen MR) is 74.6 cm³/mol. The molecule has 1 aromatic carbocycles. The van der Waals surface area contributed by atoms with Crippen LogP contribution in [0.5, 0.6) is 0 Å². The van der Waals surface area contributed by atoms with Gasteiger partial charge in [0.05, 0.1) is 5.52 Å². The number of hydrogen-bond donors (Lipinski definition) is 1. The van der Waals surface area contributed by atoms with Crippen molar-refractivity contribution in [2.45, 2.75) is 44.6 Å². The van der Waals surface area contributed by atoms with E-state index < -0.39 is 0 Å². The first-order valence-corrected chi connectivity index (χ1v) is 7.00. The molecule has 3 nitrogen and oxygen atoms in total. The molecule has 0 radical (unpaired) electrons. The van der Waals surface area contributed by atoms with E-state index in [1.807, 2.05) is 0 Å². The number of fused-ring (bicyclic) bond motifs is 1. The van der Waals surface area contributed by atoms with Gasteiger partial charge in [0.1, 0.15) is 18.0 Å². The summed E-state index contributed by atoms with van der Waals surface area (Å²) in [4.78, 5) is 8.46. The summed E-state index contributed by atoms with van der Waals surface area (Å²) < 4.78 is 13.4. The molecule has 0 amide bonds. The standard InChI is InChI=1S/C15H18FN3/c16-11-7-8-14-13(9-11)15(18-10-17-14)19-12-5-3-1-2-4-6-12/h7-10,12H,1-6H2,(H,17,18,19). The Morgan fingerprint density at radius 1 is 1.05 bits per heavy atom. The fourth-order valence-corrected chi connectivity index (χ4v) is 2.76. The SMILES string of the molecule is Fc1ccc2ncnc(NC3CCCCCC3)c2c1. The molecule has 1 aliphatic carbocycles. The van der Waals surface area contributed by atoms with Crippen molar-refractivity contribution in [3.8, 4) is 0 Å². The molecule has 1 saturated carbocycles.